The zero-order valence-electron chi connectivity index (χ0n) is 19.2. The summed E-state index contributed by atoms with van der Waals surface area (Å²) < 4.78 is 5.31. The van der Waals surface area contributed by atoms with Gasteiger partial charge in [-0.3, -0.25) is 9.89 Å². The molecule has 2 aromatic rings. The van der Waals surface area contributed by atoms with Gasteiger partial charge in [-0.05, 0) is 32.3 Å². The summed E-state index contributed by atoms with van der Waals surface area (Å²) in [6.07, 6.45) is 2.90. The van der Waals surface area contributed by atoms with Gasteiger partial charge in [0.25, 0.3) is 0 Å². The number of nitrogens with one attached hydrogen (secondary N) is 2. The zero-order chi connectivity index (χ0) is 21.3. The summed E-state index contributed by atoms with van der Waals surface area (Å²) in [5.41, 5.74) is 2.73. The van der Waals surface area contributed by atoms with Gasteiger partial charge in [-0.1, -0.05) is 48.8 Å². The Morgan fingerprint density at radius 1 is 1.29 bits per heavy atom. The van der Waals surface area contributed by atoms with Crippen LogP contribution in [0.5, 0.6) is 0 Å². The number of halogens is 1. The van der Waals surface area contributed by atoms with E-state index in [-0.39, 0.29) is 29.9 Å². The van der Waals surface area contributed by atoms with Crippen molar-refractivity contribution in [2.45, 2.75) is 65.5 Å². The van der Waals surface area contributed by atoms with Crippen LogP contribution in [0.25, 0.3) is 0 Å². The molecule has 0 unspecified atom stereocenters. The third kappa shape index (κ3) is 8.40. The molecule has 0 saturated carbocycles. The third-order valence-corrected chi connectivity index (χ3v) is 5.36. The fourth-order valence-electron chi connectivity index (χ4n) is 3.68. The molecule has 0 atom stereocenters. The van der Waals surface area contributed by atoms with E-state index in [0.717, 1.165) is 50.8 Å². The molecular weight excluding hydrogens is 503 g/mol. The molecule has 1 fully saturated rings. The van der Waals surface area contributed by atoms with Gasteiger partial charge in [0.1, 0.15) is 0 Å². The first-order valence-electron chi connectivity index (χ1n) is 11.2. The average Bonchev–Trinajstić information content (AvgIpc) is 3.19. The highest BCUT2D eigenvalue weighted by Gasteiger charge is 2.20. The van der Waals surface area contributed by atoms with Gasteiger partial charge in [0, 0.05) is 44.6 Å². The van der Waals surface area contributed by atoms with Crippen LogP contribution in [0.3, 0.4) is 0 Å². The van der Waals surface area contributed by atoms with E-state index >= 15 is 0 Å². The van der Waals surface area contributed by atoms with Crippen molar-refractivity contribution in [3.05, 3.63) is 47.1 Å². The lowest BCUT2D eigenvalue weighted by Crippen LogP contribution is -2.48. The molecule has 31 heavy (non-hydrogen) atoms. The van der Waals surface area contributed by atoms with Crippen LogP contribution in [0.15, 0.2) is 33.8 Å². The highest BCUT2D eigenvalue weighted by atomic mass is 127. The van der Waals surface area contributed by atoms with E-state index < -0.39 is 0 Å². The van der Waals surface area contributed by atoms with E-state index in [9.17, 15) is 0 Å². The number of aliphatic imine (C=N–C) groups is 1. The Hall–Kier alpha value is -1.68. The zero-order valence-corrected chi connectivity index (χ0v) is 21.6. The minimum atomic E-state index is 0. The Bertz CT molecular complexity index is 814. The molecule has 0 spiro atoms. The van der Waals surface area contributed by atoms with Gasteiger partial charge in [0.15, 0.2) is 11.8 Å². The number of nitrogens with zero attached hydrogens (tertiary/aromatic N) is 4. The fraction of sp³-hybridized carbons (Fsp3) is 0.609. The van der Waals surface area contributed by atoms with Crippen molar-refractivity contribution in [2.75, 3.05) is 26.2 Å². The number of aryl methyl sites for hydroxylation is 1. The summed E-state index contributed by atoms with van der Waals surface area (Å²) >= 11 is 0. The lowest BCUT2D eigenvalue weighted by molar-refractivity contribution is 0.198. The summed E-state index contributed by atoms with van der Waals surface area (Å²) in [5.74, 6) is 2.57. The molecule has 0 amide bonds. The van der Waals surface area contributed by atoms with Gasteiger partial charge in [0.2, 0.25) is 5.89 Å². The first kappa shape index (κ1) is 25.6. The number of likely N-dealkylation sites (tertiary alicyclic amines) is 1. The smallest absolute Gasteiger partial charge is 0.228 e. The molecule has 7 nitrogen and oxygen atoms in total. The molecule has 1 aromatic heterocycles. The molecule has 1 aliphatic rings. The van der Waals surface area contributed by atoms with Crippen LogP contribution in [-0.2, 0) is 13.0 Å². The van der Waals surface area contributed by atoms with E-state index in [4.69, 9.17) is 9.52 Å². The van der Waals surface area contributed by atoms with Gasteiger partial charge in [-0.15, -0.1) is 24.0 Å². The van der Waals surface area contributed by atoms with E-state index in [0.29, 0.717) is 24.9 Å². The van der Waals surface area contributed by atoms with Gasteiger partial charge >= 0.3 is 0 Å². The van der Waals surface area contributed by atoms with Gasteiger partial charge in [-0.2, -0.15) is 4.98 Å². The van der Waals surface area contributed by atoms with Crippen LogP contribution in [0.2, 0.25) is 0 Å². The molecule has 0 bridgehead atoms. The number of rotatable bonds is 8. The topological polar surface area (TPSA) is 78.6 Å². The summed E-state index contributed by atoms with van der Waals surface area (Å²) in [5, 5.41) is 11.0. The monoisotopic (exact) mass is 540 g/mol. The largest absolute Gasteiger partial charge is 0.357 e. The minimum absolute atomic E-state index is 0. The lowest BCUT2D eigenvalue weighted by Gasteiger charge is -2.33. The number of piperidine rings is 1. The second kappa shape index (κ2) is 13.0. The molecular formula is C23H37IN6O. The highest BCUT2D eigenvalue weighted by Crippen LogP contribution is 2.15. The van der Waals surface area contributed by atoms with Gasteiger partial charge in [0.05, 0.1) is 6.54 Å². The van der Waals surface area contributed by atoms with E-state index in [2.05, 4.69) is 77.6 Å². The lowest BCUT2D eigenvalue weighted by atomic mass is 10.0. The molecule has 2 heterocycles. The molecule has 2 N–H and O–H groups in total. The normalized spacial score (nSPS) is 15.7. The van der Waals surface area contributed by atoms with Gasteiger partial charge in [-0.25, -0.2) is 0 Å². The van der Waals surface area contributed by atoms with Crippen LogP contribution in [0.1, 0.15) is 62.4 Å². The number of guanidine groups is 1. The van der Waals surface area contributed by atoms with Crippen LogP contribution < -0.4 is 10.6 Å². The number of hydrogen-bond donors (Lipinski definition) is 2. The summed E-state index contributed by atoms with van der Waals surface area (Å²) in [6, 6.07) is 9.26. The van der Waals surface area contributed by atoms with Crippen molar-refractivity contribution in [1.29, 1.82) is 0 Å². The number of benzene rings is 1. The second-order valence-corrected chi connectivity index (χ2v) is 8.40. The van der Waals surface area contributed by atoms with Gasteiger partial charge < -0.3 is 15.2 Å². The molecule has 0 radical (unpaired) electrons. The Morgan fingerprint density at radius 3 is 2.71 bits per heavy atom. The Balaban J connectivity index is 0.00000341. The summed E-state index contributed by atoms with van der Waals surface area (Å²) in [4.78, 5) is 11.7. The van der Waals surface area contributed by atoms with Crippen molar-refractivity contribution in [3.63, 3.8) is 0 Å². The number of hydrogen-bond acceptors (Lipinski definition) is 5. The summed E-state index contributed by atoms with van der Waals surface area (Å²) in [6.45, 7) is 13.1. The van der Waals surface area contributed by atoms with Crippen LogP contribution in [0, 0.1) is 6.92 Å². The van der Waals surface area contributed by atoms with E-state index in [1.165, 1.54) is 11.1 Å². The average molecular weight is 540 g/mol. The second-order valence-electron chi connectivity index (χ2n) is 8.40. The van der Waals surface area contributed by atoms with Crippen LogP contribution in [0.4, 0.5) is 0 Å². The van der Waals surface area contributed by atoms with E-state index in [1.807, 2.05) is 0 Å². The van der Waals surface area contributed by atoms with Crippen molar-refractivity contribution < 1.29 is 4.52 Å². The highest BCUT2D eigenvalue weighted by molar-refractivity contribution is 14.0. The molecule has 0 aliphatic carbocycles. The number of aromatic nitrogens is 2. The maximum atomic E-state index is 5.31. The molecule has 8 heteroatoms. The Labute approximate surface area is 203 Å². The predicted octanol–water partition coefficient (Wildman–Crippen LogP) is 3.88. The van der Waals surface area contributed by atoms with E-state index in [1.54, 1.807) is 0 Å². The third-order valence-electron chi connectivity index (χ3n) is 5.36. The summed E-state index contributed by atoms with van der Waals surface area (Å²) in [7, 11) is 0. The van der Waals surface area contributed by atoms with Crippen molar-refractivity contribution >= 4 is 29.9 Å². The molecule has 1 saturated heterocycles. The minimum Gasteiger partial charge on any atom is -0.357 e. The van der Waals surface area contributed by atoms with Crippen LogP contribution in [-0.4, -0.2) is 53.2 Å². The maximum absolute atomic E-state index is 5.31. The maximum Gasteiger partial charge on any atom is 0.228 e. The SMILES string of the molecule is CCNC(=NCCc1nc(C(C)C)no1)NC1CCN(Cc2cccc(C)c2)CC1.I. The standard InChI is InChI=1S/C23H36N6O.HI/c1-5-24-23(25-12-9-21-27-22(17(2)3)28-30-21)26-20-10-13-29(14-11-20)16-19-8-6-7-18(4)15-19;/h6-8,15,17,20H,5,9-14,16H2,1-4H3,(H2,24,25,26);1H. The fourth-order valence-corrected chi connectivity index (χ4v) is 3.68. The Morgan fingerprint density at radius 2 is 2.06 bits per heavy atom. The van der Waals surface area contributed by atoms with Crippen molar-refractivity contribution in [1.82, 2.24) is 25.7 Å². The first-order valence-corrected chi connectivity index (χ1v) is 11.2. The molecule has 3 rings (SSSR count). The Kier molecular flexibility index (Phi) is 10.7. The first-order chi connectivity index (χ1) is 14.5. The van der Waals surface area contributed by atoms with Crippen molar-refractivity contribution in [2.24, 2.45) is 4.99 Å². The predicted molar refractivity (Wildman–Crippen MR) is 136 cm³/mol. The quantitative estimate of drug-likeness (QED) is 0.301. The van der Waals surface area contributed by atoms with Crippen molar-refractivity contribution in [3.8, 4) is 0 Å². The molecule has 172 valence electrons. The molecule has 1 aromatic carbocycles. The van der Waals surface area contributed by atoms with Crippen LogP contribution >= 0.6 is 24.0 Å². The molecule has 1 aliphatic heterocycles.